The maximum absolute atomic E-state index is 11.6. The number of carbonyl (C=O) groups is 1. The summed E-state index contributed by atoms with van der Waals surface area (Å²) in [5, 5.41) is 4.05. The lowest BCUT2D eigenvalue weighted by Crippen LogP contribution is -2.11. The van der Waals surface area contributed by atoms with E-state index in [-0.39, 0.29) is 13.3 Å². The van der Waals surface area contributed by atoms with Crippen molar-refractivity contribution < 1.29 is 14.3 Å². The normalized spacial score (nSPS) is 11.1. The van der Waals surface area contributed by atoms with E-state index < -0.39 is 6.16 Å². The van der Waals surface area contributed by atoms with Gasteiger partial charge in [0.15, 0.2) is 11.9 Å². The first kappa shape index (κ1) is 17.8. The fourth-order valence-electron chi connectivity index (χ4n) is 2.75. The second-order valence-corrected chi connectivity index (χ2v) is 7.51. The van der Waals surface area contributed by atoms with Crippen molar-refractivity contribution in [2.24, 2.45) is 0 Å². The van der Waals surface area contributed by atoms with Crippen LogP contribution in [-0.4, -0.2) is 27.3 Å². The quantitative estimate of drug-likeness (QED) is 0.333. The number of thiophene rings is 1. The molecule has 0 N–H and O–H groups in total. The van der Waals surface area contributed by atoms with Gasteiger partial charge in [0.25, 0.3) is 0 Å². The van der Waals surface area contributed by atoms with Gasteiger partial charge in [-0.25, -0.2) is 9.78 Å². The summed E-state index contributed by atoms with van der Waals surface area (Å²) in [6, 6.07) is 11.9. The van der Waals surface area contributed by atoms with E-state index in [1.165, 1.54) is 10.1 Å². The summed E-state index contributed by atoms with van der Waals surface area (Å²) in [5.74, 6) is 0.681. The maximum atomic E-state index is 11.6. The van der Waals surface area contributed by atoms with Crippen LogP contribution in [0.25, 0.3) is 21.1 Å². The fourth-order valence-corrected chi connectivity index (χ4v) is 4.68. The SMILES string of the molecule is CCOC(=O)OCn1c(SCc2nccc3ccsc23)nc2ccccc21. The van der Waals surface area contributed by atoms with Crippen molar-refractivity contribution in [3.63, 3.8) is 0 Å². The molecule has 8 heteroatoms. The molecule has 0 saturated heterocycles. The lowest BCUT2D eigenvalue weighted by atomic mass is 10.3. The van der Waals surface area contributed by atoms with E-state index in [4.69, 9.17) is 9.47 Å². The van der Waals surface area contributed by atoms with Crippen molar-refractivity contribution in [1.29, 1.82) is 0 Å². The molecule has 0 radical (unpaired) electrons. The van der Waals surface area contributed by atoms with Gasteiger partial charge in [0.1, 0.15) is 0 Å². The third-order valence-corrected chi connectivity index (χ3v) is 5.94. The lowest BCUT2D eigenvalue weighted by molar-refractivity contribution is 0.0359. The molecule has 0 fully saturated rings. The van der Waals surface area contributed by atoms with Crippen molar-refractivity contribution in [2.75, 3.05) is 6.61 Å². The number of nitrogens with zero attached hydrogens (tertiary/aromatic N) is 3. The zero-order chi connectivity index (χ0) is 18.6. The molecule has 0 atom stereocenters. The van der Waals surface area contributed by atoms with Crippen molar-refractivity contribution in [3.8, 4) is 0 Å². The number of pyridine rings is 1. The monoisotopic (exact) mass is 399 g/mol. The van der Waals surface area contributed by atoms with Crippen molar-refractivity contribution >= 4 is 50.4 Å². The van der Waals surface area contributed by atoms with Gasteiger partial charge in [0.2, 0.25) is 0 Å². The summed E-state index contributed by atoms with van der Waals surface area (Å²) in [6.45, 7) is 2.08. The minimum Gasteiger partial charge on any atom is -0.435 e. The van der Waals surface area contributed by atoms with Gasteiger partial charge in [-0.3, -0.25) is 9.55 Å². The van der Waals surface area contributed by atoms with Crippen molar-refractivity contribution in [2.45, 2.75) is 24.6 Å². The molecule has 0 saturated carbocycles. The smallest absolute Gasteiger partial charge is 0.435 e. The van der Waals surface area contributed by atoms with Crippen molar-refractivity contribution in [3.05, 3.63) is 53.7 Å². The predicted molar refractivity (Wildman–Crippen MR) is 107 cm³/mol. The van der Waals surface area contributed by atoms with E-state index in [1.54, 1.807) is 30.0 Å². The van der Waals surface area contributed by atoms with Gasteiger partial charge in [-0.1, -0.05) is 23.9 Å². The molecule has 0 amide bonds. The molecule has 1 aromatic carbocycles. The number of thioether (sulfide) groups is 1. The molecule has 0 aliphatic rings. The van der Waals surface area contributed by atoms with Crippen LogP contribution in [0.1, 0.15) is 12.6 Å². The van der Waals surface area contributed by atoms with Crippen LogP contribution < -0.4 is 0 Å². The maximum Gasteiger partial charge on any atom is 0.510 e. The highest BCUT2D eigenvalue weighted by Crippen LogP contribution is 2.30. The Morgan fingerprint density at radius 3 is 3.00 bits per heavy atom. The Morgan fingerprint density at radius 2 is 2.11 bits per heavy atom. The van der Waals surface area contributed by atoms with Crippen LogP contribution in [0.4, 0.5) is 4.79 Å². The molecule has 0 aliphatic heterocycles. The zero-order valence-electron chi connectivity index (χ0n) is 14.6. The molecule has 4 rings (SSSR count). The number of fused-ring (bicyclic) bond motifs is 2. The highest BCUT2D eigenvalue weighted by Gasteiger charge is 2.14. The summed E-state index contributed by atoms with van der Waals surface area (Å²) in [5.41, 5.74) is 2.79. The minimum absolute atomic E-state index is 0.0539. The van der Waals surface area contributed by atoms with E-state index in [9.17, 15) is 4.79 Å². The highest BCUT2D eigenvalue weighted by molar-refractivity contribution is 7.98. The van der Waals surface area contributed by atoms with Crippen LogP contribution >= 0.6 is 23.1 Å². The van der Waals surface area contributed by atoms with E-state index in [2.05, 4.69) is 21.4 Å². The molecule has 0 bridgehead atoms. The number of benzene rings is 1. The van der Waals surface area contributed by atoms with Gasteiger partial charge >= 0.3 is 6.16 Å². The van der Waals surface area contributed by atoms with Crippen LogP contribution in [-0.2, 0) is 22.0 Å². The van der Waals surface area contributed by atoms with Gasteiger partial charge < -0.3 is 9.47 Å². The second-order valence-electron chi connectivity index (χ2n) is 5.65. The van der Waals surface area contributed by atoms with E-state index in [1.807, 2.05) is 41.1 Å². The van der Waals surface area contributed by atoms with Gasteiger partial charge in [-0.2, -0.15) is 0 Å². The summed E-state index contributed by atoms with van der Waals surface area (Å²) in [4.78, 5) is 20.8. The molecule has 3 heterocycles. The molecule has 0 aliphatic carbocycles. The minimum atomic E-state index is -0.684. The number of imidazole rings is 1. The standard InChI is InChI=1S/C19H17N3O3S2/c1-2-24-19(23)25-12-22-16-6-4-3-5-14(16)21-18(22)27-11-15-17-13(7-9-20-15)8-10-26-17/h3-10H,2,11-12H2,1H3. The van der Waals surface area contributed by atoms with Crippen LogP contribution in [0.5, 0.6) is 0 Å². The Labute approximate surface area is 164 Å². The number of ether oxygens (including phenoxy) is 2. The van der Waals surface area contributed by atoms with E-state index in [0.29, 0.717) is 5.75 Å². The van der Waals surface area contributed by atoms with Crippen LogP contribution in [0, 0.1) is 0 Å². The molecule has 3 aromatic heterocycles. The molecule has 6 nitrogen and oxygen atoms in total. The van der Waals surface area contributed by atoms with Gasteiger partial charge in [0, 0.05) is 11.9 Å². The third-order valence-electron chi connectivity index (χ3n) is 3.97. The van der Waals surface area contributed by atoms with Gasteiger partial charge in [-0.05, 0) is 42.0 Å². The number of rotatable bonds is 6. The molecule has 27 heavy (non-hydrogen) atoms. The van der Waals surface area contributed by atoms with Crippen molar-refractivity contribution in [1.82, 2.24) is 14.5 Å². The summed E-state index contributed by atoms with van der Waals surface area (Å²) >= 11 is 3.26. The third kappa shape index (κ3) is 3.77. The highest BCUT2D eigenvalue weighted by atomic mass is 32.2. The summed E-state index contributed by atoms with van der Waals surface area (Å²) in [7, 11) is 0. The zero-order valence-corrected chi connectivity index (χ0v) is 16.3. The molecular weight excluding hydrogens is 382 g/mol. The topological polar surface area (TPSA) is 66.2 Å². The number of aromatic nitrogens is 3. The first-order valence-electron chi connectivity index (χ1n) is 8.45. The van der Waals surface area contributed by atoms with E-state index in [0.717, 1.165) is 21.9 Å². The summed E-state index contributed by atoms with van der Waals surface area (Å²) in [6.07, 6.45) is 1.15. The van der Waals surface area contributed by atoms with E-state index >= 15 is 0 Å². The fraction of sp³-hybridized carbons (Fsp3) is 0.211. The average molecular weight is 399 g/mol. The van der Waals surface area contributed by atoms with Crippen LogP contribution in [0.2, 0.25) is 0 Å². The number of para-hydroxylation sites is 2. The van der Waals surface area contributed by atoms with Gasteiger partial charge in [-0.15, -0.1) is 11.3 Å². The van der Waals surface area contributed by atoms with Crippen LogP contribution in [0.15, 0.2) is 53.1 Å². The largest absolute Gasteiger partial charge is 0.510 e. The Bertz CT molecular complexity index is 1090. The molecule has 138 valence electrons. The molecule has 0 spiro atoms. The lowest BCUT2D eigenvalue weighted by Gasteiger charge is -2.09. The first-order chi connectivity index (χ1) is 13.3. The molecule has 4 aromatic rings. The average Bonchev–Trinajstić information content (AvgIpc) is 3.29. The van der Waals surface area contributed by atoms with Gasteiger partial charge in [0.05, 0.1) is 28.0 Å². The molecule has 0 unspecified atom stereocenters. The Kier molecular flexibility index (Phi) is 5.26. The summed E-state index contributed by atoms with van der Waals surface area (Å²) < 4.78 is 13.1. The Hall–Kier alpha value is -2.58. The first-order valence-corrected chi connectivity index (χ1v) is 10.3. The van der Waals surface area contributed by atoms with Crippen LogP contribution in [0.3, 0.4) is 0 Å². The predicted octanol–water partition coefficient (Wildman–Crippen LogP) is 5.07. The Morgan fingerprint density at radius 1 is 1.22 bits per heavy atom. The Balaban J connectivity index is 1.59. The number of hydrogen-bond acceptors (Lipinski definition) is 7. The number of hydrogen-bond donors (Lipinski definition) is 0. The second kappa shape index (κ2) is 7.98. The molecular formula is C19H17N3O3S2. The number of carbonyl (C=O) groups excluding carboxylic acids is 1.